The zero-order chi connectivity index (χ0) is 22.3. The lowest BCUT2D eigenvalue weighted by molar-refractivity contribution is -0.120. The monoisotopic (exact) mass is 456 g/mol. The topological polar surface area (TPSA) is 94.4 Å². The van der Waals surface area contributed by atoms with Crippen molar-refractivity contribution in [2.45, 2.75) is 25.0 Å². The summed E-state index contributed by atoms with van der Waals surface area (Å²) in [6, 6.07) is 7.51. The van der Waals surface area contributed by atoms with E-state index in [2.05, 4.69) is 22.2 Å². The standard InChI is InChI=1S/C22H28N6O3S/c1-3-32-22-25-20(27-10-12-31-13-11-27)18-15-24-28(21(18)26-22)9-8-23-19(29)14-16-4-6-17(30-2)7-5-16/h4-7,15H,3,8-14H2,1-2H3,(H,23,29). The molecule has 0 saturated carbocycles. The number of thioether (sulfide) groups is 1. The van der Waals surface area contributed by atoms with Crippen LogP contribution in [0.25, 0.3) is 11.0 Å². The van der Waals surface area contributed by atoms with E-state index in [4.69, 9.17) is 19.4 Å². The Morgan fingerprint density at radius 2 is 2.00 bits per heavy atom. The van der Waals surface area contributed by atoms with Gasteiger partial charge in [-0.2, -0.15) is 5.10 Å². The molecule has 0 atom stereocenters. The highest BCUT2D eigenvalue weighted by molar-refractivity contribution is 7.99. The summed E-state index contributed by atoms with van der Waals surface area (Å²) in [5, 5.41) is 9.18. The highest BCUT2D eigenvalue weighted by Gasteiger charge is 2.20. The maximum absolute atomic E-state index is 12.3. The van der Waals surface area contributed by atoms with Gasteiger partial charge in [0.25, 0.3) is 0 Å². The van der Waals surface area contributed by atoms with Crippen molar-refractivity contribution in [3.8, 4) is 5.75 Å². The molecule has 4 rings (SSSR count). The maximum Gasteiger partial charge on any atom is 0.224 e. The number of morpholine rings is 1. The molecule has 0 aliphatic carbocycles. The average Bonchev–Trinajstić information content (AvgIpc) is 3.23. The summed E-state index contributed by atoms with van der Waals surface area (Å²) >= 11 is 1.61. The van der Waals surface area contributed by atoms with Crippen LogP contribution in [0.5, 0.6) is 5.75 Å². The molecule has 170 valence electrons. The number of carbonyl (C=O) groups is 1. The number of hydrogen-bond donors (Lipinski definition) is 1. The lowest BCUT2D eigenvalue weighted by Gasteiger charge is -2.28. The van der Waals surface area contributed by atoms with Crippen molar-refractivity contribution in [3.05, 3.63) is 36.0 Å². The molecule has 3 heterocycles. The SMILES string of the molecule is CCSc1nc(N2CCOCC2)c2cnn(CCNC(=O)Cc3ccc(OC)cc3)c2n1. The van der Waals surface area contributed by atoms with Crippen LogP contribution in [0.2, 0.25) is 0 Å². The summed E-state index contributed by atoms with van der Waals surface area (Å²) in [6.07, 6.45) is 2.14. The Labute approximate surface area is 191 Å². The van der Waals surface area contributed by atoms with Crippen molar-refractivity contribution in [3.63, 3.8) is 0 Å². The fourth-order valence-corrected chi connectivity index (χ4v) is 4.15. The number of methoxy groups -OCH3 is 1. The van der Waals surface area contributed by atoms with Crippen molar-refractivity contribution in [1.82, 2.24) is 25.1 Å². The number of aromatic nitrogens is 4. The molecule has 10 heteroatoms. The van der Waals surface area contributed by atoms with Gasteiger partial charge in [0.2, 0.25) is 5.91 Å². The second-order valence-corrected chi connectivity index (χ2v) is 8.57. The van der Waals surface area contributed by atoms with E-state index in [1.165, 1.54) is 0 Å². The number of nitrogens with one attached hydrogen (secondary N) is 1. The minimum Gasteiger partial charge on any atom is -0.497 e. The van der Waals surface area contributed by atoms with Gasteiger partial charge in [0.1, 0.15) is 11.6 Å². The first-order valence-electron chi connectivity index (χ1n) is 10.8. The zero-order valence-corrected chi connectivity index (χ0v) is 19.2. The smallest absolute Gasteiger partial charge is 0.224 e. The van der Waals surface area contributed by atoms with Crippen LogP contribution in [-0.4, -0.2) is 71.4 Å². The lowest BCUT2D eigenvalue weighted by atomic mass is 10.1. The van der Waals surface area contributed by atoms with Crippen LogP contribution in [0.3, 0.4) is 0 Å². The van der Waals surface area contributed by atoms with E-state index in [0.717, 1.165) is 52.2 Å². The molecule has 1 amide bonds. The normalized spacial score (nSPS) is 14.0. The van der Waals surface area contributed by atoms with Crippen LogP contribution in [0.4, 0.5) is 5.82 Å². The van der Waals surface area contributed by atoms with E-state index in [0.29, 0.717) is 32.7 Å². The van der Waals surface area contributed by atoms with Gasteiger partial charge < -0.3 is 19.7 Å². The average molecular weight is 457 g/mol. The number of hydrogen-bond acceptors (Lipinski definition) is 8. The number of rotatable bonds is 9. The number of fused-ring (bicyclic) bond motifs is 1. The van der Waals surface area contributed by atoms with E-state index >= 15 is 0 Å². The van der Waals surface area contributed by atoms with Gasteiger partial charge in [0, 0.05) is 19.6 Å². The molecule has 1 N–H and O–H groups in total. The molecule has 9 nitrogen and oxygen atoms in total. The minimum atomic E-state index is -0.0301. The highest BCUT2D eigenvalue weighted by atomic mass is 32.2. The molecule has 3 aromatic rings. The summed E-state index contributed by atoms with van der Waals surface area (Å²) in [5.74, 6) is 2.55. The number of benzene rings is 1. The second-order valence-electron chi connectivity index (χ2n) is 7.34. The first kappa shape index (κ1) is 22.3. The molecule has 0 spiro atoms. The van der Waals surface area contributed by atoms with Crippen LogP contribution in [0.1, 0.15) is 12.5 Å². The lowest BCUT2D eigenvalue weighted by Crippen LogP contribution is -2.37. The van der Waals surface area contributed by atoms with E-state index in [-0.39, 0.29) is 5.91 Å². The molecule has 0 bridgehead atoms. The largest absolute Gasteiger partial charge is 0.497 e. The second kappa shape index (κ2) is 10.6. The van der Waals surface area contributed by atoms with Crippen LogP contribution in [0.15, 0.2) is 35.6 Å². The van der Waals surface area contributed by atoms with Crippen molar-refractivity contribution >= 4 is 34.5 Å². The fourth-order valence-electron chi connectivity index (χ4n) is 3.59. The van der Waals surface area contributed by atoms with Gasteiger partial charge in [-0.3, -0.25) is 4.79 Å². The Hall–Kier alpha value is -2.85. The molecule has 1 saturated heterocycles. The minimum absolute atomic E-state index is 0.0301. The van der Waals surface area contributed by atoms with Gasteiger partial charge in [-0.25, -0.2) is 14.6 Å². The fraction of sp³-hybridized carbons (Fsp3) is 0.455. The molecule has 1 aliphatic heterocycles. The molecule has 1 fully saturated rings. The quantitative estimate of drug-likeness (QED) is 0.387. The summed E-state index contributed by atoms with van der Waals surface area (Å²) in [7, 11) is 1.62. The number of amides is 1. The summed E-state index contributed by atoms with van der Waals surface area (Å²) in [4.78, 5) is 24.1. The Balaban J connectivity index is 1.43. The van der Waals surface area contributed by atoms with E-state index in [9.17, 15) is 4.79 Å². The molecule has 0 radical (unpaired) electrons. The van der Waals surface area contributed by atoms with Crippen molar-refractivity contribution < 1.29 is 14.3 Å². The molecule has 0 unspecified atom stereocenters. The molecule has 2 aromatic heterocycles. The summed E-state index contributed by atoms with van der Waals surface area (Å²) in [6.45, 7) is 6.07. The first-order chi connectivity index (χ1) is 15.7. The zero-order valence-electron chi connectivity index (χ0n) is 18.4. The van der Waals surface area contributed by atoms with Gasteiger partial charge in [-0.15, -0.1) is 0 Å². The molecule has 1 aromatic carbocycles. The number of nitrogens with zero attached hydrogens (tertiary/aromatic N) is 5. The van der Waals surface area contributed by atoms with Gasteiger partial charge >= 0.3 is 0 Å². The molecular weight excluding hydrogens is 428 g/mol. The molecule has 32 heavy (non-hydrogen) atoms. The summed E-state index contributed by atoms with van der Waals surface area (Å²) in [5.41, 5.74) is 1.74. The summed E-state index contributed by atoms with van der Waals surface area (Å²) < 4.78 is 12.5. The van der Waals surface area contributed by atoms with Crippen LogP contribution < -0.4 is 15.0 Å². The third kappa shape index (κ3) is 5.31. The Morgan fingerprint density at radius 3 is 2.72 bits per heavy atom. The molecule has 1 aliphatic rings. The van der Waals surface area contributed by atoms with E-state index < -0.39 is 0 Å². The number of anilines is 1. The number of carbonyl (C=O) groups excluding carboxylic acids is 1. The maximum atomic E-state index is 12.3. The van der Waals surface area contributed by atoms with E-state index in [1.807, 2.05) is 35.1 Å². The van der Waals surface area contributed by atoms with Gasteiger partial charge in [0.05, 0.1) is 44.9 Å². The third-order valence-corrected chi connectivity index (χ3v) is 5.94. The van der Waals surface area contributed by atoms with Crippen molar-refractivity contribution in [2.75, 3.05) is 50.6 Å². The Kier molecular flexibility index (Phi) is 7.43. The van der Waals surface area contributed by atoms with Crippen LogP contribution >= 0.6 is 11.8 Å². The third-order valence-electron chi connectivity index (χ3n) is 5.21. The van der Waals surface area contributed by atoms with E-state index in [1.54, 1.807) is 18.9 Å². The Morgan fingerprint density at radius 1 is 1.22 bits per heavy atom. The van der Waals surface area contributed by atoms with Crippen LogP contribution in [-0.2, 0) is 22.5 Å². The highest BCUT2D eigenvalue weighted by Crippen LogP contribution is 2.27. The first-order valence-corrected chi connectivity index (χ1v) is 11.7. The van der Waals surface area contributed by atoms with Gasteiger partial charge in [-0.05, 0) is 23.4 Å². The van der Waals surface area contributed by atoms with Crippen LogP contribution in [0, 0.1) is 0 Å². The number of ether oxygens (including phenoxy) is 2. The predicted molar refractivity (Wildman–Crippen MR) is 124 cm³/mol. The molecular formula is C22H28N6O3S. The van der Waals surface area contributed by atoms with Gasteiger partial charge in [0.15, 0.2) is 10.8 Å². The van der Waals surface area contributed by atoms with Crippen molar-refractivity contribution in [2.24, 2.45) is 0 Å². The Bertz CT molecular complexity index is 1050. The predicted octanol–water partition coefficient (Wildman–Crippen LogP) is 2.14. The van der Waals surface area contributed by atoms with Gasteiger partial charge in [-0.1, -0.05) is 30.8 Å². The van der Waals surface area contributed by atoms with Crippen molar-refractivity contribution in [1.29, 1.82) is 0 Å².